The van der Waals surface area contributed by atoms with E-state index >= 15 is 0 Å². The van der Waals surface area contributed by atoms with Crippen molar-refractivity contribution in [3.05, 3.63) is 41.6 Å². The third kappa shape index (κ3) is 2.20. The van der Waals surface area contributed by atoms with Crippen LogP contribution in [0.5, 0.6) is 0 Å². The number of nitrogens with zero attached hydrogens (tertiary/aromatic N) is 3. The molecule has 2 aromatic rings. The van der Waals surface area contributed by atoms with Crippen molar-refractivity contribution in [3.8, 4) is 0 Å². The molecule has 3 rings (SSSR count). The number of nitrogens with one attached hydrogen (secondary N) is 1. The van der Waals surface area contributed by atoms with E-state index in [1.165, 1.54) is 11.3 Å². The number of hydrazine groups is 1. The van der Waals surface area contributed by atoms with Crippen LogP contribution < -0.4 is 16.2 Å². The summed E-state index contributed by atoms with van der Waals surface area (Å²) in [6, 6.07) is 10.9. The van der Waals surface area contributed by atoms with E-state index in [0.29, 0.717) is 12.0 Å². The van der Waals surface area contributed by atoms with Gasteiger partial charge in [0.15, 0.2) is 0 Å². The first-order valence-electron chi connectivity index (χ1n) is 6.88. The minimum Gasteiger partial charge on any atom is -0.323 e. The van der Waals surface area contributed by atoms with Gasteiger partial charge in [0, 0.05) is 23.5 Å². The highest BCUT2D eigenvalue weighted by Gasteiger charge is 2.25. The molecule has 1 unspecified atom stereocenters. The lowest BCUT2D eigenvalue weighted by molar-refractivity contribution is 0.613. The molecule has 1 atom stereocenters. The number of nitrogen functional groups attached to an aromatic ring is 1. The first kappa shape index (κ1) is 12.9. The Morgan fingerprint density at radius 2 is 2.10 bits per heavy atom. The maximum absolute atomic E-state index is 5.45. The number of nitrogens with two attached hydrogens (primary N) is 1. The van der Waals surface area contributed by atoms with Gasteiger partial charge >= 0.3 is 0 Å². The third-order valence-electron chi connectivity index (χ3n) is 3.74. The highest BCUT2D eigenvalue weighted by molar-refractivity contribution is 5.67. The molecule has 0 bridgehead atoms. The van der Waals surface area contributed by atoms with Crippen LogP contribution in [0.25, 0.3) is 0 Å². The zero-order valence-corrected chi connectivity index (χ0v) is 11.8. The Bertz CT molecular complexity index is 625. The Labute approximate surface area is 118 Å². The molecule has 0 saturated heterocycles. The van der Waals surface area contributed by atoms with E-state index in [0.717, 1.165) is 24.4 Å². The van der Waals surface area contributed by atoms with Gasteiger partial charge in [-0.05, 0) is 38.3 Å². The number of aromatic nitrogens is 2. The van der Waals surface area contributed by atoms with E-state index in [4.69, 9.17) is 5.84 Å². The Kier molecular flexibility index (Phi) is 3.28. The zero-order valence-electron chi connectivity index (χ0n) is 11.8. The lowest BCUT2D eigenvalue weighted by Gasteiger charge is -2.36. The molecule has 0 radical (unpaired) electrons. The lowest BCUT2D eigenvalue weighted by atomic mass is 9.96. The second-order valence-electron chi connectivity index (χ2n) is 5.22. The molecule has 1 aliphatic heterocycles. The highest BCUT2D eigenvalue weighted by Crippen LogP contribution is 2.36. The van der Waals surface area contributed by atoms with Crippen molar-refractivity contribution < 1.29 is 0 Å². The number of rotatable bonds is 2. The van der Waals surface area contributed by atoms with Crippen molar-refractivity contribution >= 4 is 17.5 Å². The number of hydrogen-bond donors (Lipinski definition) is 2. The molecule has 0 aliphatic carbocycles. The van der Waals surface area contributed by atoms with Crippen LogP contribution in [-0.2, 0) is 6.42 Å². The molecular formula is C15H19N5. The summed E-state index contributed by atoms with van der Waals surface area (Å²) >= 11 is 0. The summed E-state index contributed by atoms with van der Waals surface area (Å²) in [4.78, 5) is 11.0. The molecule has 2 heterocycles. The SMILES string of the molecule is Cc1cc(N2c3ccccc3CCC2C)nc(NN)n1. The zero-order chi connectivity index (χ0) is 14.1. The third-order valence-corrected chi connectivity index (χ3v) is 3.74. The molecule has 0 fully saturated rings. The van der Waals surface area contributed by atoms with Crippen molar-refractivity contribution in [1.82, 2.24) is 9.97 Å². The average Bonchev–Trinajstić information content (AvgIpc) is 2.46. The molecule has 20 heavy (non-hydrogen) atoms. The van der Waals surface area contributed by atoms with Gasteiger partial charge in [-0.3, -0.25) is 5.43 Å². The van der Waals surface area contributed by atoms with E-state index in [1.807, 2.05) is 13.0 Å². The van der Waals surface area contributed by atoms with Gasteiger partial charge < -0.3 is 4.90 Å². The van der Waals surface area contributed by atoms with Crippen LogP contribution in [0.4, 0.5) is 17.5 Å². The minimum atomic E-state index is 0.407. The molecule has 0 amide bonds. The summed E-state index contributed by atoms with van der Waals surface area (Å²) in [5.74, 6) is 6.80. The minimum absolute atomic E-state index is 0.407. The molecule has 0 saturated carbocycles. The molecule has 1 aromatic heterocycles. The molecule has 5 nitrogen and oxygen atoms in total. The fourth-order valence-electron chi connectivity index (χ4n) is 2.78. The fraction of sp³-hybridized carbons (Fsp3) is 0.333. The van der Waals surface area contributed by atoms with Gasteiger partial charge in [0.25, 0.3) is 0 Å². The van der Waals surface area contributed by atoms with Crippen molar-refractivity contribution in [2.24, 2.45) is 5.84 Å². The largest absolute Gasteiger partial charge is 0.323 e. The number of fused-ring (bicyclic) bond motifs is 1. The van der Waals surface area contributed by atoms with Crippen LogP contribution >= 0.6 is 0 Å². The molecule has 3 N–H and O–H groups in total. The molecule has 0 spiro atoms. The molecule has 1 aliphatic rings. The predicted octanol–water partition coefficient (Wildman–Crippen LogP) is 2.54. The summed E-state index contributed by atoms with van der Waals surface area (Å²) in [6.45, 7) is 4.18. The van der Waals surface area contributed by atoms with Gasteiger partial charge in [-0.15, -0.1) is 0 Å². The Morgan fingerprint density at radius 1 is 1.30 bits per heavy atom. The Hall–Kier alpha value is -2.14. The van der Waals surface area contributed by atoms with Gasteiger partial charge in [-0.25, -0.2) is 10.8 Å². The van der Waals surface area contributed by atoms with Gasteiger partial charge in [0.1, 0.15) is 5.82 Å². The summed E-state index contributed by atoms with van der Waals surface area (Å²) in [6.07, 6.45) is 2.23. The number of aryl methyl sites for hydroxylation is 2. The van der Waals surface area contributed by atoms with Crippen LogP contribution in [0.15, 0.2) is 30.3 Å². The normalized spacial score (nSPS) is 17.8. The molecule has 104 valence electrons. The first-order valence-corrected chi connectivity index (χ1v) is 6.88. The second-order valence-corrected chi connectivity index (χ2v) is 5.22. The number of anilines is 3. The van der Waals surface area contributed by atoms with Gasteiger partial charge in [0.05, 0.1) is 0 Å². The van der Waals surface area contributed by atoms with Crippen LogP contribution in [0.3, 0.4) is 0 Å². The lowest BCUT2D eigenvalue weighted by Crippen LogP contribution is -2.34. The second kappa shape index (κ2) is 5.09. The van der Waals surface area contributed by atoms with Crippen molar-refractivity contribution in [2.45, 2.75) is 32.7 Å². The smallest absolute Gasteiger partial charge is 0.239 e. The first-order chi connectivity index (χ1) is 9.69. The van der Waals surface area contributed by atoms with Crippen LogP contribution in [0, 0.1) is 6.92 Å². The van der Waals surface area contributed by atoms with E-state index in [9.17, 15) is 0 Å². The summed E-state index contributed by atoms with van der Waals surface area (Å²) in [7, 11) is 0. The summed E-state index contributed by atoms with van der Waals surface area (Å²) in [5, 5.41) is 0. The van der Waals surface area contributed by atoms with E-state index in [1.54, 1.807) is 0 Å². The average molecular weight is 269 g/mol. The van der Waals surface area contributed by atoms with Crippen molar-refractivity contribution in [2.75, 3.05) is 10.3 Å². The highest BCUT2D eigenvalue weighted by atomic mass is 15.3. The van der Waals surface area contributed by atoms with Crippen LogP contribution in [-0.4, -0.2) is 16.0 Å². The maximum atomic E-state index is 5.45. The van der Waals surface area contributed by atoms with Crippen LogP contribution in [0.2, 0.25) is 0 Å². The fourth-order valence-corrected chi connectivity index (χ4v) is 2.78. The Balaban J connectivity index is 2.11. The number of benzene rings is 1. The van der Waals surface area contributed by atoms with E-state index < -0.39 is 0 Å². The standard InChI is InChI=1S/C15H19N5/c1-10-9-14(18-15(17-10)19-16)20-11(2)7-8-12-5-3-4-6-13(12)20/h3-6,9,11H,7-8,16H2,1-2H3,(H,17,18,19). The van der Waals surface area contributed by atoms with E-state index in [2.05, 4.69) is 51.5 Å². The van der Waals surface area contributed by atoms with Crippen molar-refractivity contribution in [1.29, 1.82) is 0 Å². The topological polar surface area (TPSA) is 67.1 Å². The van der Waals surface area contributed by atoms with Gasteiger partial charge in [-0.1, -0.05) is 18.2 Å². The monoisotopic (exact) mass is 269 g/mol. The maximum Gasteiger partial charge on any atom is 0.239 e. The molecule has 5 heteroatoms. The molecular weight excluding hydrogens is 250 g/mol. The Morgan fingerprint density at radius 3 is 2.90 bits per heavy atom. The number of para-hydroxylation sites is 1. The number of hydrogen-bond acceptors (Lipinski definition) is 5. The summed E-state index contributed by atoms with van der Waals surface area (Å²) in [5.41, 5.74) is 6.03. The van der Waals surface area contributed by atoms with Crippen LogP contribution in [0.1, 0.15) is 24.6 Å². The van der Waals surface area contributed by atoms with E-state index in [-0.39, 0.29) is 0 Å². The quantitative estimate of drug-likeness (QED) is 0.648. The van der Waals surface area contributed by atoms with Crippen molar-refractivity contribution in [3.63, 3.8) is 0 Å². The molecule has 1 aromatic carbocycles. The van der Waals surface area contributed by atoms with Gasteiger partial charge in [-0.2, -0.15) is 4.98 Å². The van der Waals surface area contributed by atoms with Gasteiger partial charge in [0.2, 0.25) is 5.95 Å². The summed E-state index contributed by atoms with van der Waals surface area (Å²) < 4.78 is 0. The predicted molar refractivity (Wildman–Crippen MR) is 80.9 cm³/mol.